The van der Waals surface area contributed by atoms with Crippen LogP contribution in [0.25, 0.3) is 6.08 Å². The molecule has 1 aliphatic rings. The Bertz CT molecular complexity index is 1220. The van der Waals surface area contributed by atoms with Gasteiger partial charge in [0.15, 0.2) is 0 Å². The second kappa shape index (κ2) is 11.2. The molecule has 4 rings (SSSR count). The predicted molar refractivity (Wildman–Crippen MR) is 130 cm³/mol. The summed E-state index contributed by atoms with van der Waals surface area (Å²) in [7, 11) is 1.55. The summed E-state index contributed by atoms with van der Waals surface area (Å²) in [5.74, 6) is 0.302. The molecular weight excluding hydrogens is 446 g/mol. The molecule has 0 aliphatic carbocycles. The van der Waals surface area contributed by atoms with E-state index in [-0.39, 0.29) is 18.1 Å². The van der Waals surface area contributed by atoms with Crippen LogP contribution < -0.4 is 15.4 Å². The number of furan rings is 1. The van der Waals surface area contributed by atoms with Gasteiger partial charge in [0, 0.05) is 37.7 Å². The van der Waals surface area contributed by atoms with Crippen LogP contribution in [0.4, 0.5) is 0 Å². The van der Waals surface area contributed by atoms with Gasteiger partial charge in [-0.3, -0.25) is 14.4 Å². The van der Waals surface area contributed by atoms with E-state index in [4.69, 9.17) is 9.15 Å². The zero-order chi connectivity index (χ0) is 24.6. The molecule has 2 heterocycles. The van der Waals surface area contributed by atoms with Gasteiger partial charge in [0.1, 0.15) is 17.2 Å². The van der Waals surface area contributed by atoms with Gasteiger partial charge in [-0.15, -0.1) is 0 Å². The number of amides is 3. The monoisotopic (exact) mass is 473 g/mol. The van der Waals surface area contributed by atoms with E-state index in [0.717, 1.165) is 24.1 Å². The molecule has 0 atom stereocenters. The molecule has 0 unspecified atom stereocenters. The Morgan fingerprint density at radius 3 is 2.49 bits per heavy atom. The van der Waals surface area contributed by atoms with E-state index < -0.39 is 11.8 Å². The average Bonchev–Trinajstić information content (AvgIpc) is 3.54. The Morgan fingerprint density at radius 1 is 1.06 bits per heavy atom. The number of methoxy groups -OCH3 is 1. The minimum absolute atomic E-state index is 0.0490. The standard InChI is InChI=1S/C27H27N3O5/c1-34-22-12-10-19(11-13-22)26(32)29-24(16-23-8-5-15-35-23)27(33)28-17-20-6-2-3-7-21(20)18-30-14-4-9-25(30)31/h2-3,5-8,10-13,15-16H,4,9,14,17-18H2,1H3,(H,28,33)(H,29,32)/b24-16-. The average molecular weight is 474 g/mol. The first-order valence-corrected chi connectivity index (χ1v) is 11.4. The highest BCUT2D eigenvalue weighted by Gasteiger charge is 2.21. The van der Waals surface area contributed by atoms with Crippen molar-refractivity contribution in [1.82, 2.24) is 15.5 Å². The van der Waals surface area contributed by atoms with E-state index in [9.17, 15) is 14.4 Å². The predicted octanol–water partition coefficient (Wildman–Crippen LogP) is 3.50. The highest BCUT2D eigenvalue weighted by atomic mass is 16.5. The minimum atomic E-state index is -0.463. The number of rotatable bonds is 9. The molecule has 1 fully saturated rings. The lowest BCUT2D eigenvalue weighted by Gasteiger charge is -2.18. The smallest absolute Gasteiger partial charge is 0.268 e. The molecule has 3 amide bonds. The van der Waals surface area contributed by atoms with E-state index in [1.54, 1.807) is 43.5 Å². The van der Waals surface area contributed by atoms with Crippen molar-refractivity contribution in [2.75, 3.05) is 13.7 Å². The second-order valence-electron chi connectivity index (χ2n) is 8.13. The number of carbonyl (C=O) groups is 3. The summed E-state index contributed by atoms with van der Waals surface area (Å²) in [5.41, 5.74) is 2.30. The molecule has 8 nitrogen and oxygen atoms in total. The van der Waals surface area contributed by atoms with Crippen LogP contribution >= 0.6 is 0 Å². The molecule has 0 saturated carbocycles. The summed E-state index contributed by atoms with van der Waals surface area (Å²) in [5, 5.41) is 5.56. The summed E-state index contributed by atoms with van der Waals surface area (Å²) in [6.07, 6.45) is 4.41. The highest BCUT2D eigenvalue weighted by Crippen LogP contribution is 2.18. The number of ether oxygens (including phenoxy) is 1. The Hall–Kier alpha value is -4.33. The fraction of sp³-hybridized carbons (Fsp3) is 0.222. The van der Waals surface area contributed by atoms with Crippen molar-refractivity contribution in [2.45, 2.75) is 25.9 Å². The summed E-state index contributed by atoms with van der Waals surface area (Å²) in [6, 6.07) is 17.6. The third kappa shape index (κ3) is 6.17. The molecule has 3 aromatic rings. The molecule has 0 bridgehead atoms. The molecule has 0 radical (unpaired) electrons. The number of hydrogen-bond donors (Lipinski definition) is 2. The lowest BCUT2D eigenvalue weighted by molar-refractivity contribution is -0.128. The van der Waals surface area contributed by atoms with Crippen molar-refractivity contribution in [3.63, 3.8) is 0 Å². The zero-order valence-corrected chi connectivity index (χ0v) is 19.5. The molecule has 2 aromatic carbocycles. The van der Waals surface area contributed by atoms with E-state index in [0.29, 0.717) is 30.0 Å². The molecule has 180 valence electrons. The van der Waals surface area contributed by atoms with Crippen molar-refractivity contribution in [3.8, 4) is 5.75 Å². The molecule has 2 N–H and O–H groups in total. The Morgan fingerprint density at radius 2 is 1.83 bits per heavy atom. The van der Waals surface area contributed by atoms with E-state index >= 15 is 0 Å². The minimum Gasteiger partial charge on any atom is -0.497 e. The zero-order valence-electron chi connectivity index (χ0n) is 19.5. The number of hydrogen-bond acceptors (Lipinski definition) is 5. The maximum atomic E-state index is 13.1. The number of nitrogens with one attached hydrogen (secondary N) is 2. The maximum absolute atomic E-state index is 13.1. The summed E-state index contributed by atoms with van der Waals surface area (Å²) >= 11 is 0. The van der Waals surface area contributed by atoms with Crippen LogP contribution in [0.5, 0.6) is 5.75 Å². The fourth-order valence-corrected chi connectivity index (χ4v) is 3.84. The van der Waals surface area contributed by atoms with E-state index in [1.165, 1.54) is 12.3 Å². The van der Waals surface area contributed by atoms with Crippen LogP contribution in [-0.4, -0.2) is 36.3 Å². The molecule has 1 saturated heterocycles. The van der Waals surface area contributed by atoms with Gasteiger partial charge in [-0.2, -0.15) is 0 Å². The second-order valence-corrected chi connectivity index (χ2v) is 8.13. The largest absolute Gasteiger partial charge is 0.497 e. The molecule has 1 aliphatic heterocycles. The van der Waals surface area contributed by atoms with Crippen molar-refractivity contribution < 1.29 is 23.5 Å². The van der Waals surface area contributed by atoms with Crippen LogP contribution in [0.3, 0.4) is 0 Å². The van der Waals surface area contributed by atoms with Gasteiger partial charge in [-0.25, -0.2) is 0 Å². The number of likely N-dealkylation sites (tertiary alicyclic amines) is 1. The Kier molecular flexibility index (Phi) is 7.62. The van der Waals surface area contributed by atoms with Gasteiger partial charge in [-0.05, 0) is 53.9 Å². The summed E-state index contributed by atoms with van der Waals surface area (Å²) in [6.45, 7) is 1.49. The summed E-state index contributed by atoms with van der Waals surface area (Å²) in [4.78, 5) is 39.8. The van der Waals surface area contributed by atoms with Gasteiger partial charge in [0.05, 0.1) is 13.4 Å². The number of carbonyl (C=O) groups excluding carboxylic acids is 3. The Labute approximate surface area is 203 Å². The van der Waals surface area contributed by atoms with Crippen LogP contribution in [0, 0.1) is 0 Å². The first-order valence-electron chi connectivity index (χ1n) is 11.4. The number of benzene rings is 2. The third-order valence-corrected chi connectivity index (χ3v) is 5.77. The first-order chi connectivity index (χ1) is 17.0. The van der Waals surface area contributed by atoms with Crippen molar-refractivity contribution in [2.24, 2.45) is 0 Å². The molecule has 0 spiro atoms. The number of nitrogens with zero attached hydrogens (tertiary/aromatic N) is 1. The van der Waals surface area contributed by atoms with Gasteiger partial charge in [0.25, 0.3) is 11.8 Å². The SMILES string of the molecule is COc1ccc(C(=O)N/C(=C\c2ccco2)C(=O)NCc2ccccc2CN2CCCC2=O)cc1. The van der Waals surface area contributed by atoms with Gasteiger partial charge < -0.3 is 24.7 Å². The fourth-order valence-electron chi connectivity index (χ4n) is 3.84. The van der Waals surface area contributed by atoms with Gasteiger partial charge in [-0.1, -0.05) is 24.3 Å². The molecular formula is C27H27N3O5. The van der Waals surface area contributed by atoms with Crippen LogP contribution in [0.2, 0.25) is 0 Å². The van der Waals surface area contributed by atoms with Crippen LogP contribution in [0.15, 0.2) is 77.0 Å². The van der Waals surface area contributed by atoms with Gasteiger partial charge in [0.2, 0.25) is 5.91 Å². The molecule has 1 aromatic heterocycles. The highest BCUT2D eigenvalue weighted by molar-refractivity contribution is 6.05. The van der Waals surface area contributed by atoms with Crippen molar-refractivity contribution in [3.05, 3.63) is 95.1 Å². The van der Waals surface area contributed by atoms with E-state index in [2.05, 4.69) is 10.6 Å². The van der Waals surface area contributed by atoms with Crippen molar-refractivity contribution >= 4 is 23.8 Å². The first kappa shape index (κ1) is 23.8. The summed E-state index contributed by atoms with van der Waals surface area (Å²) < 4.78 is 10.5. The van der Waals surface area contributed by atoms with Crippen LogP contribution in [-0.2, 0) is 22.7 Å². The topological polar surface area (TPSA) is 101 Å². The molecule has 35 heavy (non-hydrogen) atoms. The third-order valence-electron chi connectivity index (χ3n) is 5.77. The van der Waals surface area contributed by atoms with Gasteiger partial charge >= 0.3 is 0 Å². The maximum Gasteiger partial charge on any atom is 0.268 e. The Balaban J connectivity index is 1.47. The van der Waals surface area contributed by atoms with E-state index in [1.807, 2.05) is 29.2 Å². The normalized spacial score (nSPS) is 13.6. The van der Waals surface area contributed by atoms with Crippen LogP contribution in [0.1, 0.15) is 40.1 Å². The quantitative estimate of drug-likeness (QED) is 0.464. The lowest BCUT2D eigenvalue weighted by atomic mass is 10.1. The lowest BCUT2D eigenvalue weighted by Crippen LogP contribution is -2.35. The molecule has 8 heteroatoms. The van der Waals surface area contributed by atoms with Crippen molar-refractivity contribution in [1.29, 1.82) is 0 Å².